The topological polar surface area (TPSA) is 66.5 Å². The minimum atomic E-state index is 0.528. The fraction of sp³-hybridized carbons (Fsp3) is 0.571. The zero-order valence-electron chi connectivity index (χ0n) is 6.99. The lowest BCUT2D eigenvalue weighted by atomic mass is 10.4. The van der Waals surface area contributed by atoms with E-state index in [1.807, 2.05) is 13.2 Å². The van der Waals surface area contributed by atoms with Gasteiger partial charge in [-0.25, -0.2) is 0 Å². The van der Waals surface area contributed by atoms with Crippen LogP contribution in [-0.2, 0) is 13.6 Å². The number of hydrogen-bond acceptors (Lipinski definition) is 4. The first-order valence-corrected chi connectivity index (χ1v) is 3.76. The molecule has 0 saturated carbocycles. The molecule has 5 heteroatoms. The maximum Gasteiger partial charge on any atom is 0.0964 e. The van der Waals surface area contributed by atoms with Crippen LogP contribution in [0.1, 0.15) is 12.1 Å². The number of nitrogens with zero attached hydrogens (tertiary/aromatic N) is 4. The molecule has 1 aromatic heterocycles. The summed E-state index contributed by atoms with van der Waals surface area (Å²) in [6.45, 7) is 1.38. The van der Waals surface area contributed by atoms with E-state index < -0.39 is 0 Å². The van der Waals surface area contributed by atoms with E-state index in [0.717, 1.165) is 5.69 Å². The molecule has 64 valence electrons. The summed E-state index contributed by atoms with van der Waals surface area (Å²) in [7, 11) is 1.83. The molecule has 0 spiro atoms. The van der Waals surface area contributed by atoms with Gasteiger partial charge in [0.05, 0.1) is 11.8 Å². The van der Waals surface area contributed by atoms with Crippen molar-refractivity contribution >= 4 is 0 Å². The monoisotopic (exact) mass is 165 g/mol. The molecule has 1 N–H and O–H groups in total. The van der Waals surface area contributed by atoms with Gasteiger partial charge in [-0.3, -0.25) is 4.68 Å². The third kappa shape index (κ3) is 2.68. The molecule has 0 aliphatic heterocycles. The number of aromatic nitrogens is 3. The quantitative estimate of drug-likeness (QED) is 0.628. The average molecular weight is 165 g/mol. The standard InChI is InChI=1S/C7H11N5/c1-12-6-7(10-11-12)5-9-4-2-3-8/h6,9H,2,4-5H2,1H3. The van der Waals surface area contributed by atoms with Crippen LogP contribution < -0.4 is 5.32 Å². The van der Waals surface area contributed by atoms with Crippen molar-refractivity contribution in [3.63, 3.8) is 0 Å². The Hall–Kier alpha value is -1.41. The molecule has 0 aliphatic rings. The summed E-state index contributed by atoms with van der Waals surface area (Å²) in [6.07, 6.45) is 2.37. The van der Waals surface area contributed by atoms with Crippen molar-refractivity contribution in [3.05, 3.63) is 11.9 Å². The van der Waals surface area contributed by atoms with Crippen LogP contribution in [0.4, 0.5) is 0 Å². The Labute approximate surface area is 71.0 Å². The van der Waals surface area contributed by atoms with E-state index >= 15 is 0 Å². The highest BCUT2D eigenvalue weighted by Crippen LogP contribution is 1.89. The minimum absolute atomic E-state index is 0.528. The molecule has 0 saturated heterocycles. The van der Waals surface area contributed by atoms with E-state index in [4.69, 9.17) is 5.26 Å². The van der Waals surface area contributed by atoms with Gasteiger partial charge in [0.15, 0.2) is 0 Å². The predicted molar refractivity (Wildman–Crippen MR) is 42.9 cm³/mol. The first kappa shape index (κ1) is 8.68. The summed E-state index contributed by atoms with van der Waals surface area (Å²) in [5, 5.41) is 19.0. The molecule has 0 aromatic carbocycles. The molecule has 1 heterocycles. The van der Waals surface area contributed by atoms with Crippen LogP contribution in [0.15, 0.2) is 6.20 Å². The first-order chi connectivity index (χ1) is 5.83. The SMILES string of the molecule is Cn1cc(CNCCC#N)nn1. The molecule has 12 heavy (non-hydrogen) atoms. The summed E-state index contributed by atoms with van der Waals surface area (Å²) >= 11 is 0. The van der Waals surface area contributed by atoms with Gasteiger partial charge in [-0.05, 0) is 0 Å². The summed E-state index contributed by atoms with van der Waals surface area (Å²) in [4.78, 5) is 0. The van der Waals surface area contributed by atoms with Crippen molar-refractivity contribution in [3.8, 4) is 6.07 Å². The van der Waals surface area contributed by atoms with Crippen molar-refractivity contribution in [1.82, 2.24) is 20.3 Å². The number of aryl methyl sites for hydroxylation is 1. The van der Waals surface area contributed by atoms with Gasteiger partial charge in [-0.15, -0.1) is 5.10 Å². The Morgan fingerprint density at radius 1 is 1.75 bits per heavy atom. The summed E-state index contributed by atoms with van der Waals surface area (Å²) in [6, 6.07) is 2.06. The second-order valence-electron chi connectivity index (χ2n) is 2.47. The lowest BCUT2D eigenvalue weighted by Gasteiger charge is -1.95. The fourth-order valence-electron chi connectivity index (χ4n) is 0.837. The minimum Gasteiger partial charge on any atom is -0.310 e. The molecule has 0 radical (unpaired) electrons. The maximum atomic E-state index is 8.25. The van der Waals surface area contributed by atoms with Gasteiger partial charge in [0, 0.05) is 32.8 Å². The zero-order valence-corrected chi connectivity index (χ0v) is 6.99. The van der Waals surface area contributed by atoms with Crippen LogP contribution in [0.5, 0.6) is 0 Å². The molecule has 0 amide bonds. The van der Waals surface area contributed by atoms with E-state index in [-0.39, 0.29) is 0 Å². The first-order valence-electron chi connectivity index (χ1n) is 3.76. The number of hydrogen-bond donors (Lipinski definition) is 1. The Kier molecular flexibility index (Phi) is 3.23. The largest absolute Gasteiger partial charge is 0.310 e. The van der Waals surface area contributed by atoms with Gasteiger partial charge < -0.3 is 5.32 Å². The Morgan fingerprint density at radius 3 is 3.17 bits per heavy atom. The smallest absolute Gasteiger partial charge is 0.0964 e. The van der Waals surface area contributed by atoms with Crippen molar-refractivity contribution < 1.29 is 0 Å². The van der Waals surface area contributed by atoms with Crippen molar-refractivity contribution in [2.75, 3.05) is 6.54 Å². The van der Waals surface area contributed by atoms with Crippen molar-refractivity contribution in [2.45, 2.75) is 13.0 Å². The third-order valence-corrected chi connectivity index (χ3v) is 1.37. The molecule has 0 fully saturated rings. The number of rotatable bonds is 4. The highest BCUT2D eigenvalue weighted by molar-refractivity contribution is 4.90. The van der Waals surface area contributed by atoms with Gasteiger partial charge in [0.2, 0.25) is 0 Å². The van der Waals surface area contributed by atoms with Crippen LogP contribution in [0, 0.1) is 11.3 Å². The highest BCUT2D eigenvalue weighted by atomic mass is 15.4. The lowest BCUT2D eigenvalue weighted by Crippen LogP contribution is -2.14. The molecular weight excluding hydrogens is 154 g/mol. The summed E-state index contributed by atoms with van der Waals surface area (Å²) in [5.74, 6) is 0. The third-order valence-electron chi connectivity index (χ3n) is 1.37. The van der Waals surface area contributed by atoms with Gasteiger partial charge >= 0.3 is 0 Å². The molecule has 5 nitrogen and oxygen atoms in total. The lowest BCUT2D eigenvalue weighted by molar-refractivity contribution is 0.679. The Morgan fingerprint density at radius 2 is 2.58 bits per heavy atom. The van der Waals surface area contributed by atoms with E-state index in [2.05, 4.69) is 21.7 Å². The van der Waals surface area contributed by atoms with Crippen LogP contribution in [0.2, 0.25) is 0 Å². The van der Waals surface area contributed by atoms with E-state index in [0.29, 0.717) is 19.5 Å². The Bertz CT molecular complexity index is 272. The van der Waals surface area contributed by atoms with Gasteiger partial charge in [-0.2, -0.15) is 5.26 Å². The van der Waals surface area contributed by atoms with Crippen LogP contribution in [-0.4, -0.2) is 21.5 Å². The van der Waals surface area contributed by atoms with Crippen LogP contribution >= 0.6 is 0 Å². The molecule has 0 unspecified atom stereocenters. The van der Waals surface area contributed by atoms with Gasteiger partial charge in [0.1, 0.15) is 0 Å². The van der Waals surface area contributed by atoms with Crippen molar-refractivity contribution in [2.24, 2.45) is 7.05 Å². The number of nitrogens with one attached hydrogen (secondary N) is 1. The Balaban J connectivity index is 2.21. The predicted octanol–water partition coefficient (Wildman–Crippen LogP) is -0.182. The summed E-state index contributed by atoms with van der Waals surface area (Å²) in [5.41, 5.74) is 0.899. The van der Waals surface area contributed by atoms with Crippen molar-refractivity contribution in [1.29, 1.82) is 5.26 Å². The van der Waals surface area contributed by atoms with Crippen LogP contribution in [0.25, 0.3) is 0 Å². The molecule has 1 rings (SSSR count). The fourth-order valence-corrected chi connectivity index (χ4v) is 0.837. The van der Waals surface area contributed by atoms with Gasteiger partial charge in [-0.1, -0.05) is 5.21 Å². The van der Waals surface area contributed by atoms with E-state index in [9.17, 15) is 0 Å². The molecule has 0 atom stereocenters. The maximum absolute atomic E-state index is 8.25. The molecule has 0 bridgehead atoms. The van der Waals surface area contributed by atoms with E-state index in [1.54, 1.807) is 4.68 Å². The molecule has 0 aliphatic carbocycles. The second kappa shape index (κ2) is 4.46. The highest BCUT2D eigenvalue weighted by Gasteiger charge is 1.95. The number of nitriles is 1. The van der Waals surface area contributed by atoms with Gasteiger partial charge in [0.25, 0.3) is 0 Å². The second-order valence-corrected chi connectivity index (χ2v) is 2.47. The normalized spacial score (nSPS) is 9.67. The van der Waals surface area contributed by atoms with Crippen LogP contribution in [0.3, 0.4) is 0 Å². The average Bonchev–Trinajstić information content (AvgIpc) is 2.45. The van der Waals surface area contributed by atoms with E-state index in [1.165, 1.54) is 0 Å². The molecular formula is C7H11N5. The molecule has 1 aromatic rings. The summed E-state index contributed by atoms with van der Waals surface area (Å²) < 4.78 is 1.65. The zero-order chi connectivity index (χ0) is 8.81.